The van der Waals surface area contributed by atoms with E-state index < -0.39 is 0 Å². The molecule has 0 aliphatic rings. The summed E-state index contributed by atoms with van der Waals surface area (Å²) in [4.78, 5) is 30.1. The molecule has 7 heteroatoms. The molecule has 4 aromatic rings. The van der Waals surface area contributed by atoms with E-state index in [0.717, 1.165) is 11.1 Å². The van der Waals surface area contributed by atoms with Gasteiger partial charge in [0.05, 0.1) is 14.6 Å². The summed E-state index contributed by atoms with van der Waals surface area (Å²) >= 11 is 13.2. The van der Waals surface area contributed by atoms with Gasteiger partial charge in [0.2, 0.25) is 4.96 Å². The Bertz CT molecular complexity index is 1360. The van der Waals surface area contributed by atoms with E-state index in [1.165, 1.54) is 15.7 Å². The highest BCUT2D eigenvalue weighted by molar-refractivity contribution is 7.15. The van der Waals surface area contributed by atoms with Crippen LogP contribution < -0.4 is 15.7 Å². The summed E-state index contributed by atoms with van der Waals surface area (Å²) in [7, 11) is 0. The Labute approximate surface area is 174 Å². The molecule has 0 bridgehead atoms. The maximum atomic E-state index is 13.0. The third kappa shape index (κ3) is 3.49. The van der Waals surface area contributed by atoms with Gasteiger partial charge in [0.15, 0.2) is 0 Å². The van der Waals surface area contributed by atoms with Crippen molar-refractivity contribution in [3.63, 3.8) is 0 Å². The summed E-state index contributed by atoms with van der Waals surface area (Å²) in [6.07, 6.45) is 2.16. The molecule has 0 radical (unpaired) electrons. The molecule has 0 amide bonds. The second-order valence-electron chi connectivity index (χ2n) is 6.35. The lowest BCUT2D eigenvalue weighted by Gasteiger charge is -2.06. The number of benzene rings is 2. The molecule has 140 valence electrons. The number of thiazole rings is 1. The molecule has 4 rings (SSSR count). The number of nitrogens with zero attached hydrogens (tertiary/aromatic N) is 2. The van der Waals surface area contributed by atoms with Crippen LogP contribution in [0.15, 0.2) is 58.1 Å². The number of rotatable bonds is 3. The minimum absolute atomic E-state index is 0.203. The zero-order chi connectivity index (χ0) is 19.8. The van der Waals surface area contributed by atoms with Crippen LogP contribution in [0.25, 0.3) is 11.0 Å². The molecule has 0 saturated carbocycles. The number of hydrogen-bond acceptors (Lipinski definition) is 4. The summed E-state index contributed by atoms with van der Waals surface area (Å²) in [5, 5.41) is 0.865. The molecule has 2 heterocycles. The highest BCUT2D eigenvalue weighted by Gasteiger charge is 2.14. The highest BCUT2D eigenvalue weighted by Crippen LogP contribution is 2.22. The molecule has 0 aliphatic heterocycles. The van der Waals surface area contributed by atoms with E-state index in [2.05, 4.69) is 4.98 Å². The van der Waals surface area contributed by atoms with Gasteiger partial charge in [-0.3, -0.25) is 14.0 Å². The maximum absolute atomic E-state index is 13.0. The van der Waals surface area contributed by atoms with E-state index in [0.29, 0.717) is 37.2 Å². The molecule has 2 aromatic carbocycles. The predicted molar refractivity (Wildman–Crippen MR) is 115 cm³/mol. The van der Waals surface area contributed by atoms with Gasteiger partial charge in [0.25, 0.3) is 11.1 Å². The first-order chi connectivity index (χ1) is 13.4. The Balaban J connectivity index is 1.88. The fourth-order valence-corrected chi connectivity index (χ4v) is 4.36. The quantitative estimate of drug-likeness (QED) is 0.497. The molecular weight excluding hydrogens is 415 g/mol. The van der Waals surface area contributed by atoms with E-state index in [1.807, 2.05) is 30.3 Å². The van der Waals surface area contributed by atoms with Gasteiger partial charge in [0.1, 0.15) is 0 Å². The van der Waals surface area contributed by atoms with Gasteiger partial charge in [-0.1, -0.05) is 70.9 Å². The summed E-state index contributed by atoms with van der Waals surface area (Å²) in [6, 6.07) is 14.8. The normalized spacial score (nSPS) is 12.0. The average molecular weight is 429 g/mol. The molecule has 28 heavy (non-hydrogen) atoms. The lowest BCUT2D eigenvalue weighted by Crippen LogP contribution is -2.27. The van der Waals surface area contributed by atoms with Gasteiger partial charge in [-0.05, 0) is 36.3 Å². The van der Waals surface area contributed by atoms with Gasteiger partial charge < -0.3 is 0 Å². The van der Waals surface area contributed by atoms with Crippen LogP contribution in [-0.2, 0) is 6.42 Å². The standard InChI is InChI=1S/C21H14Cl2N2O2S/c1-12-15(9-13-5-3-2-4-6-13)19(26)24-21-25(12)20(27)18(28-21)11-14-7-8-16(22)17(23)10-14/h2-8,10-11H,9H2,1H3. The Hall–Kier alpha value is -2.47. The molecular formula is C21H14Cl2N2O2S. The fraction of sp³-hybridized carbons (Fsp3) is 0.0952. The van der Waals surface area contributed by atoms with Crippen molar-refractivity contribution in [1.29, 1.82) is 0 Å². The number of halogens is 2. The van der Waals surface area contributed by atoms with Gasteiger partial charge in [-0.2, -0.15) is 4.98 Å². The lowest BCUT2D eigenvalue weighted by molar-refractivity contribution is 0.940. The van der Waals surface area contributed by atoms with Crippen LogP contribution in [-0.4, -0.2) is 9.38 Å². The van der Waals surface area contributed by atoms with Crippen molar-refractivity contribution in [2.45, 2.75) is 13.3 Å². The second kappa shape index (κ2) is 7.51. The molecule has 0 unspecified atom stereocenters. The third-order valence-electron chi connectivity index (χ3n) is 4.50. The molecule has 0 spiro atoms. The van der Waals surface area contributed by atoms with E-state index in [4.69, 9.17) is 23.2 Å². The summed E-state index contributed by atoms with van der Waals surface area (Å²) in [5.74, 6) is 0. The minimum atomic E-state index is -0.302. The van der Waals surface area contributed by atoms with Crippen molar-refractivity contribution >= 4 is 45.6 Å². The van der Waals surface area contributed by atoms with Crippen LogP contribution >= 0.6 is 34.5 Å². The van der Waals surface area contributed by atoms with Crippen LogP contribution in [0, 0.1) is 6.92 Å². The highest BCUT2D eigenvalue weighted by atomic mass is 35.5. The third-order valence-corrected chi connectivity index (χ3v) is 6.21. The van der Waals surface area contributed by atoms with Gasteiger partial charge in [-0.25, -0.2) is 0 Å². The number of hydrogen-bond donors (Lipinski definition) is 0. The molecule has 0 fully saturated rings. The smallest absolute Gasteiger partial charge is 0.267 e. The number of fused-ring (bicyclic) bond motifs is 1. The number of aryl methyl sites for hydroxylation is 1. The molecule has 0 saturated heterocycles. The average Bonchev–Trinajstić information content (AvgIpc) is 2.98. The van der Waals surface area contributed by atoms with Crippen molar-refractivity contribution in [3.05, 3.63) is 106 Å². The van der Waals surface area contributed by atoms with Crippen molar-refractivity contribution < 1.29 is 0 Å². The van der Waals surface area contributed by atoms with Gasteiger partial charge in [-0.15, -0.1) is 0 Å². The topological polar surface area (TPSA) is 51.4 Å². The molecule has 0 atom stereocenters. The Kier molecular flexibility index (Phi) is 5.06. The number of aromatic nitrogens is 2. The van der Waals surface area contributed by atoms with Crippen molar-refractivity contribution in [3.8, 4) is 0 Å². The zero-order valence-electron chi connectivity index (χ0n) is 14.8. The maximum Gasteiger partial charge on any atom is 0.277 e. The van der Waals surface area contributed by atoms with E-state index in [1.54, 1.807) is 31.2 Å². The predicted octanol–water partition coefficient (Wildman–Crippen LogP) is 3.87. The van der Waals surface area contributed by atoms with Crippen LogP contribution in [0.1, 0.15) is 22.4 Å². The molecule has 0 N–H and O–H groups in total. The SMILES string of the molecule is Cc1c(Cc2ccccc2)c(=O)nc2sc(=Cc3ccc(Cl)c(Cl)c3)c(=O)n12. The first kappa shape index (κ1) is 18.9. The second-order valence-corrected chi connectivity index (χ2v) is 8.17. The van der Waals surface area contributed by atoms with Gasteiger partial charge in [0, 0.05) is 17.7 Å². The van der Waals surface area contributed by atoms with E-state index in [-0.39, 0.29) is 11.1 Å². The Morgan fingerprint density at radius 1 is 1.07 bits per heavy atom. The molecule has 4 nitrogen and oxygen atoms in total. The first-order valence-electron chi connectivity index (χ1n) is 8.50. The summed E-state index contributed by atoms with van der Waals surface area (Å²) < 4.78 is 1.98. The van der Waals surface area contributed by atoms with Crippen LogP contribution in [0.5, 0.6) is 0 Å². The van der Waals surface area contributed by atoms with E-state index >= 15 is 0 Å². The van der Waals surface area contributed by atoms with Crippen LogP contribution in [0.3, 0.4) is 0 Å². The lowest BCUT2D eigenvalue weighted by atomic mass is 10.1. The van der Waals surface area contributed by atoms with E-state index in [9.17, 15) is 9.59 Å². The van der Waals surface area contributed by atoms with Crippen molar-refractivity contribution in [1.82, 2.24) is 9.38 Å². The van der Waals surface area contributed by atoms with Crippen LogP contribution in [0.4, 0.5) is 0 Å². The Morgan fingerprint density at radius 2 is 1.82 bits per heavy atom. The molecule has 2 aromatic heterocycles. The van der Waals surface area contributed by atoms with Crippen molar-refractivity contribution in [2.24, 2.45) is 0 Å². The first-order valence-corrected chi connectivity index (χ1v) is 10.1. The van der Waals surface area contributed by atoms with Crippen LogP contribution in [0.2, 0.25) is 10.0 Å². The monoisotopic (exact) mass is 428 g/mol. The summed E-state index contributed by atoms with van der Waals surface area (Å²) in [6.45, 7) is 1.78. The summed E-state index contributed by atoms with van der Waals surface area (Å²) in [5.41, 5.74) is 2.39. The van der Waals surface area contributed by atoms with Gasteiger partial charge >= 0.3 is 0 Å². The van der Waals surface area contributed by atoms with Crippen molar-refractivity contribution in [2.75, 3.05) is 0 Å². The zero-order valence-corrected chi connectivity index (χ0v) is 17.1. The Morgan fingerprint density at radius 3 is 2.54 bits per heavy atom. The minimum Gasteiger partial charge on any atom is -0.267 e. The fourth-order valence-electron chi connectivity index (χ4n) is 3.05. The largest absolute Gasteiger partial charge is 0.277 e. The molecule has 0 aliphatic carbocycles.